The summed E-state index contributed by atoms with van der Waals surface area (Å²) in [7, 11) is 1.81. The average molecular weight is 301 g/mol. The predicted octanol–water partition coefficient (Wildman–Crippen LogP) is 2.97. The Labute approximate surface area is 131 Å². The molecule has 4 heteroatoms. The number of ketones is 2. The Balaban J connectivity index is 2.12. The van der Waals surface area contributed by atoms with E-state index in [0.717, 1.165) is 24.0 Å². The maximum absolute atomic E-state index is 12.6. The van der Waals surface area contributed by atoms with Crippen molar-refractivity contribution in [3.8, 4) is 0 Å². The number of likely N-dealkylation sites (N-methyl/N-ethyl adjacent to an activating group) is 1. The van der Waals surface area contributed by atoms with Crippen LogP contribution in [0.15, 0.2) is 36.2 Å². The molecule has 1 unspecified atom stereocenters. The van der Waals surface area contributed by atoms with E-state index in [2.05, 4.69) is 6.92 Å². The Morgan fingerprint density at radius 1 is 1.27 bits per heavy atom. The summed E-state index contributed by atoms with van der Waals surface area (Å²) in [6.07, 6.45) is 3.73. The maximum Gasteiger partial charge on any atom is 0.221 e. The summed E-state index contributed by atoms with van der Waals surface area (Å²) >= 11 is 0. The van der Waals surface area contributed by atoms with Gasteiger partial charge in [0.15, 0.2) is 11.5 Å². The molecule has 1 aromatic carbocycles. The minimum absolute atomic E-state index is 0.0143. The SMILES string of the molecule is CCCc1ccccc1C(=O)CC1C(=O)C(OCC)=CN1C. The third-order valence-corrected chi connectivity index (χ3v) is 3.87. The number of ether oxygens (including phenoxy) is 1. The molecule has 0 radical (unpaired) electrons. The number of nitrogens with zero attached hydrogens (tertiary/aromatic N) is 1. The van der Waals surface area contributed by atoms with Gasteiger partial charge >= 0.3 is 0 Å². The number of Topliss-reactive ketones (excluding diaryl/α,β-unsaturated/α-hetero) is 2. The first-order chi connectivity index (χ1) is 10.6. The Morgan fingerprint density at radius 3 is 2.68 bits per heavy atom. The Bertz CT molecular complexity index is 592. The molecule has 0 fully saturated rings. The molecule has 118 valence electrons. The molecule has 4 nitrogen and oxygen atoms in total. The summed E-state index contributed by atoms with van der Waals surface area (Å²) in [4.78, 5) is 26.7. The van der Waals surface area contributed by atoms with Crippen LogP contribution >= 0.6 is 0 Å². The Morgan fingerprint density at radius 2 is 2.00 bits per heavy atom. The summed E-state index contributed by atoms with van der Waals surface area (Å²) in [5.41, 5.74) is 1.79. The second kappa shape index (κ2) is 7.25. The van der Waals surface area contributed by atoms with Gasteiger partial charge in [0.1, 0.15) is 6.04 Å². The molecular formula is C18H23NO3. The molecule has 1 atom stereocenters. The number of benzene rings is 1. The quantitative estimate of drug-likeness (QED) is 0.726. The van der Waals surface area contributed by atoms with E-state index in [4.69, 9.17) is 4.74 Å². The fourth-order valence-corrected chi connectivity index (χ4v) is 2.75. The van der Waals surface area contributed by atoms with E-state index in [0.29, 0.717) is 12.4 Å². The van der Waals surface area contributed by atoms with Gasteiger partial charge in [-0.25, -0.2) is 0 Å². The van der Waals surface area contributed by atoms with Gasteiger partial charge in [0.2, 0.25) is 5.78 Å². The molecule has 1 heterocycles. The van der Waals surface area contributed by atoms with Crippen molar-refractivity contribution < 1.29 is 14.3 Å². The molecule has 1 aromatic rings. The van der Waals surface area contributed by atoms with Crippen LogP contribution in [0.5, 0.6) is 0 Å². The molecule has 0 saturated carbocycles. The van der Waals surface area contributed by atoms with Crippen LogP contribution in [0.25, 0.3) is 0 Å². The van der Waals surface area contributed by atoms with Crippen LogP contribution in [-0.4, -0.2) is 36.2 Å². The molecule has 0 spiro atoms. The minimum atomic E-state index is -0.455. The molecule has 1 aliphatic rings. The highest BCUT2D eigenvalue weighted by Gasteiger charge is 2.34. The molecule has 0 bridgehead atoms. The number of carbonyl (C=O) groups is 2. The molecule has 1 aliphatic heterocycles. The smallest absolute Gasteiger partial charge is 0.221 e. The summed E-state index contributed by atoms with van der Waals surface area (Å²) in [5, 5.41) is 0. The van der Waals surface area contributed by atoms with E-state index < -0.39 is 6.04 Å². The zero-order valence-corrected chi connectivity index (χ0v) is 13.5. The molecule has 0 saturated heterocycles. The van der Waals surface area contributed by atoms with Gasteiger partial charge in [0, 0.05) is 25.2 Å². The van der Waals surface area contributed by atoms with Crippen LogP contribution in [0.4, 0.5) is 0 Å². The van der Waals surface area contributed by atoms with E-state index in [1.165, 1.54) is 0 Å². The molecular weight excluding hydrogens is 278 g/mol. The first kappa shape index (κ1) is 16.3. The van der Waals surface area contributed by atoms with E-state index in [1.54, 1.807) is 18.1 Å². The minimum Gasteiger partial charge on any atom is -0.489 e. The van der Waals surface area contributed by atoms with E-state index >= 15 is 0 Å². The van der Waals surface area contributed by atoms with Gasteiger partial charge in [0.25, 0.3) is 0 Å². The van der Waals surface area contributed by atoms with Crippen molar-refractivity contribution >= 4 is 11.6 Å². The standard InChI is InChI=1S/C18H23NO3/c1-4-8-13-9-6-7-10-14(13)16(20)11-15-18(21)17(22-5-2)12-19(15)3/h6-7,9-10,12,15H,4-5,8,11H2,1-3H3. The normalized spacial score (nSPS) is 17.6. The number of hydrogen-bond acceptors (Lipinski definition) is 4. The van der Waals surface area contributed by atoms with Crippen molar-refractivity contribution in [2.75, 3.05) is 13.7 Å². The second-order valence-electron chi connectivity index (χ2n) is 5.51. The largest absolute Gasteiger partial charge is 0.489 e. The predicted molar refractivity (Wildman–Crippen MR) is 85.7 cm³/mol. The number of rotatable bonds is 7. The molecule has 0 amide bonds. The lowest BCUT2D eigenvalue weighted by atomic mass is 9.95. The van der Waals surface area contributed by atoms with E-state index in [-0.39, 0.29) is 18.0 Å². The number of carbonyl (C=O) groups excluding carboxylic acids is 2. The van der Waals surface area contributed by atoms with Crippen LogP contribution < -0.4 is 0 Å². The van der Waals surface area contributed by atoms with Crippen molar-refractivity contribution in [3.05, 3.63) is 47.4 Å². The summed E-state index contributed by atoms with van der Waals surface area (Å²) in [6, 6.07) is 7.20. The van der Waals surface area contributed by atoms with Gasteiger partial charge in [-0.15, -0.1) is 0 Å². The van der Waals surface area contributed by atoms with Crippen molar-refractivity contribution in [1.82, 2.24) is 4.90 Å². The fourth-order valence-electron chi connectivity index (χ4n) is 2.75. The first-order valence-corrected chi connectivity index (χ1v) is 7.80. The lowest BCUT2D eigenvalue weighted by molar-refractivity contribution is -0.120. The summed E-state index contributed by atoms with van der Waals surface area (Å²) < 4.78 is 5.32. The highest BCUT2D eigenvalue weighted by atomic mass is 16.5. The third kappa shape index (κ3) is 3.38. The maximum atomic E-state index is 12.6. The molecule has 22 heavy (non-hydrogen) atoms. The molecule has 0 N–H and O–H groups in total. The van der Waals surface area contributed by atoms with Crippen LogP contribution in [0.3, 0.4) is 0 Å². The van der Waals surface area contributed by atoms with Gasteiger partial charge in [-0.05, 0) is 18.9 Å². The van der Waals surface area contributed by atoms with Gasteiger partial charge < -0.3 is 9.64 Å². The van der Waals surface area contributed by atoms with Crippen molar-refractivity contribution in [2.24, 2.45) is 0 Å². The van der Waals surface area contributed by atoms with E-state index in [1.807, 2.05) is 31.2 Å². The average Bonchev–Trinajstić information content (AvgIpc) is 2.76. The second-order valence-corrected chi connectivity index (χ2v) is 5.51. The van der Waals surface area contributed by atoms with Crippen molar-refractivity contribution in [3.63, 3.8) is 0 Å². The molecule has 0 aliphatic carbocycles. The van der Waals surface area contributed by atoms with Crippen molar-refractivity contribution in [1.29, 1.82) is 0 Å². The van der Waals surface area contributed by atoms with Crippen molar-refractivity contribution in [2.45, 2.75) is 39.2 Å². The zero-order chi connectivity index (χ0) is 16.1. The lowest BCUT2D eigenvalue weighted by Crippen LogP contribution is -2.32. The summed E-state index contributed by atoms with van der Waals surface area (Å²) in [6.45, 7) is 4.38. The zero-order valence-electron chi connectivity index (χ0n) is 13.5. The Hall–Kier alpha value is -2.10. The number of hydrogen-bond donors (Lipinski definition) is 0. The summed E-state index contributed by atoms with van der Waals surface area (Å²) in [5.74, 6) is 0.260. The van der Waals surface area contributed by atoms with Crippen LogP contribution in [0.1, 0.15) is 42.6 Å². The highest BCUT2D eigenvalue weighted by Crippen LogP contribution is 2.23. The highest BCUT2D eigenvalue weighted by molar-refractivity contribution is 6.06. The van der Waals surface area contributed by atoms with Gasteiger partial charge in [-0.2, -0.15) is 0 Å². The fraction of sp³-hybridized carbons (Fsp3) is 0.444. The van der Waals surface area contributed by atoms with Gasteiger partial charge in [-0.1, -0.05) is 37.6 Å². The van der Waals surface area contributed by atoms with Gasteiger partial charge in [0.05, 0.1) is 6.61 Å². The third-order valence-electron chi connectivity index (χ3n) is 3.87. The van der Waals surface area contributed by atoms with Crippen LogP contribution in [0.2, 0.25) is 0 Å². The topological polar surface area (TPSA) is 46.6 Å². The molecule has 2 rings (SSSR count). The van der Waals surface area contributed by atoms with Crippen LogP contribution in [-0.2, 0) is 16.0 Å². The van der Waals surface area contributed by atoms with E-state index in [9.17, 15) is 9.59 Å². The first-order valence-electron chi connectivity index (χ1n) is 7.80. The molecule has 0 aromatic heterocycles. The Kier molecular flexibility index (Phi) is 5.36. The van der Waals surface area contributed by atoms with Gasteiger partial charge in [-0.3, -0.25) is 9.59 Å². The lowest BCUT2D eigenvalue weighted by Gasteiger charge is -2.18. The monoisotopic (exact) mass is 301 g/mol. The number of aryl methyl sites for hydroxylation is 1. The van der Waals surface area contributed by atoms with Crippen LogP contribution in [0, 0.1) is 0 Å².